The minimum atomic E-state index is 0.0382. The summed E-state index contributed by atoms with van der Waals surface area (Å²) in [5.41, 5.74) is 3.18. The van der Waals surface area contributed by atoms with Gasteiger partial charge in [-0.1, -0.05) is 59.3 Å². The molecule has 2 aromatic carbocycles. The molecule has 0 fully saturated rings. The van der Waals surface area contributed by atoms with Crippen molar-refractivity contribution >= 4 is 29.3 Å². The molecular weight excluding hydrogens is 368 g/mol. The first-order valence-electron chi connectivity index (χ1n) is 8.11. The molecule has 1 heterocycles. The van der Waals surface area contributed by atoms with Crippen molar-refractivity contribution in [1.29, 1.82) is 0 Å². The lowest BCUT2D eigenvalue weighted by molar-refractivity contribution is -0.127. The van der Waals surface area contributed by atoms with Crippen LogP contribution >= 0.6 is 23.4 Å². The molecule has 0 saturated carbocycles. The number of rotatable bonds is 6. The smallest absolute Gasteiger partial charge is 0.233 e. The van der Waals surface area contributed by atoms with E-state index in [9.17, 15) is 4.79 Å². The number of aromatic nitrogens is 3. The van der Waals surface area contributed by atoms with Gasteiger partial charge in [-0.25, -0.2) is 0 Å². The van der Waals surface area contributed by atoms with Gasteiger partial charge in [-0.3, -0.25) is 9.36 Å². The zero-order chi connectivity index (χ0) is 18.5. The van der Waals surface area contributed by atoms with Gasteiger partial charge in [0.1, 0.15) is 6.33 Å². The molecular formula is C19H19ClN4OS. The van der Waals surface area contributed by atoms with Gasteiger partial charge in [0.05, 0.1) is 11.4 Å². The molecule has 1 amide bonds. The van der Waals surface area contributed by atoms with E-state index in [0.29, 0.717) is 22.5 Å². The summed E-state index contributed by atoms with van der Waals surface area (Å²) in [7, 11) is 1.81. The zero-order valence-electron chi connectivity index (χ0n) is 14.6. The molecule has 0 bridgehead atoms. The van der Waals surface area contributed by atoms with Gasteiger partial charge in [0.2, 0.25) is 5.91 Å². The molecule has 0 aliphatic heterocycles. The summed E-state index contributed by atoms with van der Waals surface area (Å²) in [5.74, 6) is 0.331. The average Bonchev–Trinajstić information content (AvgIpc) is 3.10. The number of thioether (sulfide) groups is 1. The van der Waals surface area contributed by atoms with E-state index in [1.165, 1.54) is 17.3 Å². The number of halogens is 1. The summed E-state index contributed by atoms with van der Waals surface area (Å²) in [6.45, 7) is 2.63. The molecule has 3 aromatic rings. The number of aryl methyl sites for hydroxylation is 1. The number of benzene rings is 2. The second kappa shape index (κ2) is 8.38. The number of hydrogen-bond donors (Lipinski definition) is 0. The monoisotopic (exact) mass is 386 g/mol. The van der Waals surface area contributed by atoms with E-state index in [1.807, 2.05) is 54.9 Å². The molecule has 0 atom stereocenters. The summed E-state index contributed by atoms with van der Waals surface area (Å²) in [6.07, 6.45) is 1.62. The fourth-order valence-electron chi connectivity index (χ4n) is 2.42. The van der Waals surface area contributed by atoms with Crippen LogP contribution in [-0.2, 0) is 11.3 Å². The average molecular weight is 387 g/mol. The van der Waals surface area contributed by atoms with Gasteiger partial charge >= 0.3 is 0 Å². The van der Waals surface area contributed by atoms with Crippen molar-refractivity contribution in [3.8, 4) is 5.69 Å². The van der Waals surface area contributed by atoms with Crippen LogP contribution in [0.5, 0.6) is 0 Å². The predicted molar refractivity (Wildman–Crippen MR) is 105 cm³/mol. The van der Waals surface area contributed by atoms with Crippen molar-refractivity contribution in [2.45, 2.75) is 18.6 Å². The molecule has 0 radical (unpaired) electrons. The van der Waals surface area contributed by atoms with E-state index in [-0.39, 0.29) is 5.91 Å². The zero-order valence-corrected chi connectivity index (χ0v) is 16.2. The van der Waals surface area contributed by atoms with Gasteiger partial charge in [0.25, 0.3) is 0 Å². The van der Waals surface area contributed by atoms with Crippen LogP contribution in [0.25, 0.3) is 5.69 Å². The van der Waals surface area contributed by atoms with Crippen molar-refractivity contribution < 1.29 is 4.79 Å². The molecule has 134 valence electrons. The molecule has 0 unspecified atom stereocenters. The maximum Gasteiger partial charge on any atom is 0.233 e. The van der Waals surface area contributed by atoms with Crippen molar-refractivity contribution in [2.24, 2.45) is 0 Å². The number of amides is 1. The molecule has 3 rings (SSSR count). The quantitative estimate of drug-likeness (QED) is 0.601. The third-order valence-electron chi connectivity index (χ3n) is 3.89. The summed E-state index contributed by atoms with van der Waals surface area (Å²) < 4.78 is 1.82. The Morgan fingerprint density at radius 2 is 2.00 bits per heavy atom. The van der Waals surface area contributed by atoms with Crippen LogP contribution in [0.3, 0.4) is 0 Å². The highest BCUT2D eigenvalue weighted by Crippen LogP contribution is 2.22. The first kappa shape index (κ1) is 18.5. The van der Waals surface area contributed by atoms with Crippen LogP contribution in [-0.4, -0.2) is 38.4 Å². The molecule has 7 heteroatoms. The van der Waals surface area contributed by atoms with Crippen LogP contribution in [0.1, 0.15) is 11.1 Å². The lowest BCUT2D eigenvalue weighted by Crippen LogP contribution is -2.27. The van der Waals surface area contributed by atoms with Crippen LogP contribution in [0, 0.1) is 6.92 Å². The minimum Gasteiger partial charge on any atom is -0.341 e. The largest absolute Gasteiger partial charge is 0.341 e. The third kappa shape index (κ3) is 4.65. The van der Waals surface area contributed by atoms with Crippen molar-refractivity contribution in [2.75, 3.05) is 12.8 Å². The van der Waals surface area contributed by atoms with E-state index >= 15 is 0 Å². The second-order valence-corrected chi connectivity index (χ2v) is 7.37. The summed E-state index contributed by atoms with van der Waals surface area (Å²) in [6, 6.07) is 15.6. The van der Waals surface area contributed by atoms with Crippen molar-refractivity contribution in [3.63, 3.8) is 0 Å². The van der Waals surface area contributed by atoms with Crippen LogP contribution in [0.2, 0.25) is 5.02 Å². The number of nitrogens with zero attached hydrogens (tertiary/aromatic N) is 4. The second-order valence-electron chi connectivity index (χ2n) is 5.99. The number of carbonyl (C=O) groups excluding carboxylic acids is 1. The topological polar surface area (TPSA) is 51.0 Å². The lowest BCUT2D eigenvalue weighted by Gasteiger charge is -2.17. The highest BCUT2D eigenvalue weighted by atomic mass is 35.5. The lowest BCUT2D eigenvalue weighted by atomic mass is 10.1. The van der Waals surface area contributed by atoms with E-state index in [2.05, 4.69) is 22.3 Å². The molecule has 0 saturated heterocycles. The third-order valence-corrected chi connectivity index (χ3v) is 5.06. The molecule has 1 aromatic heterocycles. The standard InChI is InChI=1S/C19H19ClN4OS/c1-14-6-8-15(9-7-14)11-23(2)18(25)12-26-19-22-21-13-24(19)17-5-3-4-16(20)10-17/h3-10,13H,11-12H2,1-2H3. The number of carbonyl (C=O) groups is 1. The van der Waals surface area contributed by atoms with Gasteiger partial charge in [0.15, 0.2) is 5.16 Å². The van der Waals surface area contributed by atoms with Gasteiger partial charge in [0, 0.05) is 18.6 Å². The molecule has 0 aliphatic carbocycles. The Balaban J connectivity index is 1.61. The molecule has 0 spiro atoms. The maximum atomic E-state index is 12.4. The van der Waals surface area contributed by atoms with Crippen molar-refractivity contribution in [3.05, 3.63) is 71.0 Å². The van der Waals surface area contributed by atoms with Crippen LogP contribution in [0.15, 0.2) is 60.0 Å². The highest BCUT2D eigenvalue weighted by molar-refractivity contribution is 7.99. The van der Waals surface area contributed by atoms with Gasteiger partial charge < -0.3 is 4.90 Å². The minimum absolute atomic E-state index is 0.0382. The van der Waals surface area contributed by atoms with Crippen LogP contribution in [0.4, 0.5) is 0 Å². The maximum absolute atomic E-state index is 12.4. The van der Waals surface area contributed by atoms with Gasteiger partial charge in [-0.15, -0.1) is 10.2 Å². The van der Waals surface area contributed by atoms with E-state index in [0.717, 1.165) is 11.3 Å². The van der Waals surface area contributed by atoms with E-state index in [1.54, 1.807) is 11.2 Å². The summed E-state index contributed by atoms with van der Waals surface area (Å²) >= 11 is 7.41. The Labute approximate surface area is 162 Å². The first-order valence-corrected chi connectivity index (χ1v) is 9.47. The SMILES string of the molecule is Cc1ccc(CN(C)C(=O)CSc2nncn2-c2cccc(Cl)c2)cc1. The molecule has 0 N–H and O–H groups in total. The fourth-order valence-corrected chi connectivity index (χ4v) is 3.47. The Kier molecular flexibility index (Phi) is 5.96. The normalized spacial score (nSPS) is 10.7. The van der Waals surface area contributed by atoms with Crippen LogP contribution < -0.4 is 0 Å². The highest BCUT2D eigenvalue weighted by Gasteiger charge is 2.13. The summed E-state index contributed by atoms with van der Waals surface area (Å²) in [5, 5.41) is 9.36. The predicted octanol–water partition coefficient (Wildman–Crippen LogP) is 3.98. The Hall–Kier alpha value is -2.31. The van der Waals surface area contributed by atoms with E-state index in [4.69, 9.17) is 11.6 Å². The number of hydrogen-bond acceptors (Lipinski definition) is 4. The molecule has 0 aliphatic rings. The fraction of sp³-hybridized carbons (Fsp3) is 0.211. The van der Waals surface area contributed by atoms with Gasteiger partial charge in [-0.2, -0.15) is 0 Å². The Morgan fingerprint density at radius 1 is 1.23 bits per heavy atom. The molecule has 26 heavy (non-hydrogen) atoms. The summed E-state index contributed by atoms with van der Waals surface area (Å²) in [4.78, 5) is 14.2. The van der Waals surface area contributed by atoms with E-state index < -0.39 is 0 Å². The Bertz CT molecular complexity index is 895. The molecule has 5 nitrogen and oxygen atoms in total. The van der Waals surface area contributed by atoms with Crippen molar-refractivity contribution in [1.82, 2.24) is 19.7 Å². The first-order chi connectivity index (χ1) is 12.5. The van der Waals surface area contributed by atoms with Gasteiger partial charge in [-0.05, 0) is 30.7 Å². The Morgan fingerprint density at radius 3 is 2.73 bits per heavy atom.